The first-order valence-corrected chi connectivity index (χ1v) is 10.4. The number of sulfonamides is 1. The first kappa shape index (κ1) is 19.3. The minimum absolute atomic E-state index is 0.0573. The van der Waals surface area contributed by atoms with Crippen molar-refractivity contribution < 1.29 is 22.8 Å². The maximum atomic E-state index is 12.5. The number of benzene rings is 1. The van der Waals surface area contributed by atoms with E-state index in [0.717, 1.165) is 5.56 Å². The number of imide groups is 1. The molecule has 2 fully saturated rings. The fourth-order valence-corrected chi connectivity index (χ4v) is 4.70. The average Bonchev–Trinajstić information content (AvgIpc) is 2.97. The minimum atomic E-state index is -3.43. The molecule has 2 saturated heterocycles. The van der Waals surface area contributed by atoms with Gasteiger partial charge in [-0.2, -0.15) is 4.31 Å². The molecule has 1 atom stereocenters. The van der Waals surface area contributed by atoms with Gasteiger partial charge in [-0.1, -0.05) is 30.3 Å². The van der Waals surface area contributed by atoms with E-state index in [-0.39, 0.29) is 37.6 Å². The lowest BCUT2D eigenvalue weighted by molar-refractivity contribution is -0.132. The summed E-state index contributed by atoms with van der Waals surface area (Å²) in [7, 11) is -3.43. The molecule has 2 aliphatic rings. The van der Waals surface area contributed by atoms with Gasteiger partial charge in [0.25, 0.3) is 5.91 Å². The molecule has 1 aromatic rings. The van der Waals surface area contributed by atoms with Crippen molar-refractivity contribution in [3.63, 3.8) is 0 Å². The zero-order chi connectivity index (χ0) is 19.4. The molecule has 1 aromatic carbocycles. The predicted octanol–water partition coefficient (Wildman–Crippen LogP) is -0.351. The summed E-state index contributed by atoms with van der Waals surface area (Å²) >= 11 is 0. The third-order valence-electron chi connectivity index (χ3n) is 4.68. The summed E-state index contributed by atoms with van der Waals surface area (Å²) in [5.74, 6) is -0.633. The van der Waals surface area contributed by atoms with Gasteiger partial charge in [0, 0.05) is 32.6 Å². The third-order valence-corrected chi connectivity index (χ3v) is 6.53. The van der Waals surface area contributed by atoms with Crippen molar-refractivity contribution in [2.75, 3.05) is 26.2 Å². The summed E-state index contributed by atoms with van der Waals surface area (Å²) in [6.45, 7) is 1.13. The van der Waals surface area contributed by atoms with Crippen molar-refractivity contribution in [1.29, 1.82) is 0 Å². The van der Waals surface area contributed by atoms with Gasteiger partial charge in [-0.25, -0.2) is 13.2 Å². The lowest BCUT2D eigenvalue weighted by Gasteiger charge is -2.34. The van der Waals surface area contributed by atoms with E-state index in [1.807, 2.05) is 6.07 Å². The van der Waals surface area contributed by atoms with Crippen LogP contribution in [0.4, 0.5) is 4.79 Å². The highest BCUT2D eigenvalue weighted by Crippen LogP contribution is 2.15. The molecule has 9 nitrogen and oxygen atoms in total. The Morgan fingerprint density at radius 2 is 1.74 bits per heavy atom. The number of rotatable bonds is 6. The zero-order valence-electron chi connectivity index (χ0n) is 14.8. The Bertz CT molecular complexity index is 819. The highest BCUT2D eigenvalue weighted by molar-refractivity contribution is 7.88. The predicted molar refractivity (Wildman–Crippen MR) is 96.9 cm³/mol. The second-order valence-corrected chi connectivity index (χ2v) is 8.54. The molecule has 2 heterocycles. The number of hydrogen-bond donors (Lipinski definition) is 2. The van der Waals surface area contributed by atoms with Gasteiger partial charge >= 0.3 is 6.03 Å². The number of hydrogen-bond acceptors (Lipinski definition) is 5. The van der Waals surface area contributed by atoms with E-state index in [1.165, 1.54) is 4.31 Å². The molecule has 2 aliphatic heterocycles. The van der Waals surface area contributed by atoms with Crippen molar-refractivity contribution in [2.24, 2.45) is 0 Å². The summed E-state index contributed by atoms with van der Waals surface area (Å²) in [5, 5.41) is 4.58. The monoisotopic (exact) mass is 394 g/mol. The van der Waals surface area contributed by atoms with Crippen molar-refractivity contribution in [1.82, 2.24) is 19.8 Å². The van der Waals surface area contributed by atoms with Crippen LogP contribution in [0.5, 0.6) is 0 Å². The number of amides is 4. The van der Waals surface area contributed by atoms with Crippen LogP contribution >= 0.6 is 0 Å². The van der Waals surface area contributed by atoms with Gasteiger partial charge < -0.3 is 10.2 Å². The van der Waals surface area contributed by atoms with Crippen LogP contribution in [0.1, 0.15) is 18.4 Å². The average molecular weight is 394 g/mol. The Morgan fingerprint density at radius 3 is 2.33 bits per heavy atom. The number of nitrogens with zero attached hydrogens (tertiary/aromatic N) is 2. The lowest BCUT2D eigenvalue weighted by Crippen LogP contribution is -2.51. The molecule has 0 radical (unpaired) electrons. The molecule has 0 spiro atoms. The summed E-state index contributed by atoms with van der Waals surface area (Å²) in [4.78, 5) is 36.5. The molecule has 146 valence electrons. The van der Waals surface area contributed by atoms with Crippen molar-refractivity contribution in [3.05, 3.63) is 35.9 Å². The number of urea groups is 1. The van der Waals surface area contributed by atoms with Crippen molar-refractivity contribution in [2.45, 2.75) is 24.6 Å². The largest absolute Gasteiger partial charge is 0.340 e. The Balaban J connectivity index is 1.47. The van der Waals surface area contributed by atoms with Crippen molar-refractivity contribution >= 4 is 27.9 Å². The highest BCUT2D eigenvalue weighted by Gasteiger charge is 2.32. The smallest absolute Gasteiger partial charge is 0.322 e. The summed E-state index contributed by atoms with van der Waals surface area (Å²) in [6.07, 6.45) is 0.345. The van der Waals surface area contributed by atoms with Crippen LogP contribution in [0, 0.1) is 0 Å². The summed E-state index contributed by atoms with van der Waals surface area (Å²) < 4.78 is 26.5. The van der Waals surface area contributed by atoms with Gasteiger partial charge in [0.05, 0.1) is 5.75 Å². The van der Waals surface area contributed by atoms with E-state index in [2.05, 4.69) is 10.6 Å². The van der Waals surface area contributed by atoms with Crippen LogP contribution in [0.25, 0.3) is 0 Å². The Labute approximate surface area is 157 Å². The minimum Gasteiger partial charge on any atom is -0.340 e. The highest BCUT2D eigenvalue weighted by atomic mass is 32.2. The SMILES string of the molecule is O=C1NC(=O)[C@H](CCC(=O)N2CCN(S(=O)(=O)Cc3ccccc3)CC2)N1. The van der Waals surface area contributed by atoms with Crippen LogP contribution < -0.4 is 10.6 Å². The Morgan fingerprint density at radius 1 is 1.07 bits per heavy atom. The molecule has 0 aromatic heterocycles. The summed E-state index contributed by atoms with van der Waals surface area (Å²) in [6, 6.07) is 7.75. The topological polar surface area (TPSA) is 116 Å². The first-order valence-electron chi connectivity index (χ1n) is 8.76. The molecule has 2 N–H and O–H groups in total. The maximum Gasteiger partial charge on any atom is 0.322 e. The van der Waals surface area contributed by atoms with Gasteiger partial charge in [-0.15, -0.1) is 0 Å². The molecule has 0 bridgehead atoms. The van der Waals surface area contributed by atoms with Gasteiger partial charge in [0.2, 0.25) is 15.9 Å². The third kappa shape index (κ3) is 4.83. The molecule has 0 aliphatic carbocycles. The second kappa shape index (κ2) is 8.05. The summed E-state index contributed by atoms with van der Waals surface area (Å²) in [5.41, 5.74) is 0.730. The molecular weight excluding hydrogens is 372 g/mol. The van der Waals surface area contributed by atoms with Crippen LogP contribution in [-0.2, 0) is 25.4 Å². The quantitative estimate of drug-likeness (QED) is 0.640. The molecule has 10 heteroatoms. The first-order chi connectivity index (χ1) is 12.8. The van der Waals surface area contributed by atoms with Gasteiger partial charge in [-0.05, 0) is 12.0 Å². The van der Waals surface area contributed by atoms with Crippen molar-refractivity contribution in [3.8, 4) is 0 Å². The van der Waals surface area contributed by atoms with Gasteiger partial charge in [-0.3, -0.25) is 14.9 Å². The standard InChI is InChI=1S/C17H22N4O5S/c22-15(7-6-14-16(23)19-17(24)18-14)20-8-10-21(11-9-20)27(25,26)12-13-4-2-1-3-5-13/h1-5,14H,6-12H2,(H2,18,19,23,24)/t14-/m0/s1. The van der Waals surface area contributed by atoms with E-state index in [0.29, 0.717) is 13.1 Å². The fraction of sp³-hybridized carbons (Fsp3) is 0.471. The van der Waals surface area contributed by atoms with Gasteiger partial charge in [0.1, 0.15) is 6.04 Å². The molecule has 0 unspecified atom stereocenters. The van der Waals surface area contributed by atoms with E-state index < -0.39 is 28.0 Å². The lowest BCUT2D eigenvalue weighted by atomic mass is 10.1. The van der Waals surface area contributed by atoms with Crippen LogP contribution in [-0.4, -0.2) is 67.7 Å². The maximum absolute atomic E-state index is 12.5. The normalized spacial score (nSPS) is 21.0. The van der Waals surface area contributed by atoms with Gasteiger partial charge in [0.15, 0.2) is 0 Å². The Kier molecular flexibility index (Phi) is 5.76. The number of carbonyl (C=O) groups excluding carboxylic acids is 3. The second-order valence-electron chi connectivity index (χ2n) is 6.58. The van der Waals surface area contributed by atoms with Crippen LogP contribution in [0.3, 0.4) is 0 Å². The Hall–Kier alpha value is -2.46. The van der Waals surface area contributed by atoms with Crippen LogP contribution in [0.15, 0.2) is 30.3 Å². The number of nitrogens with one attached hydrogen (secondary N) is 2. The van der Waals surface area contributed by atoms with E-state index in [1.54, 1.807) is 29.2 Å². The number of carbonyl (C=O) groups is 3. The van der Waals surface area contributed by atoms with E-state index >= 15 is 0 Å². The molecule has 4 amide bonds. The van der Waals surface area contributed by atoms with E-state index in [4.69, 9.17) is 0 Å². The molecule has 0 saturated carbocycles. The fourth-order valence-electron chi connectivity index (χ4n) is 3.18. The molecule has 27 heavy (non-hydrogen) atoms. The van der Waals surface area contributed by atoms with Crippen LogP contribution in [0.2, 0.25) is 0 Å². The molecule has 3 rings (SSSR count). The molecular formula is C17H22N4O5S. The number of piperazine rings is 1. The van der Waals surface area contributed by atoms with E-state index in [9.17, 15) is 22.8 Å². The zero-order valence-corrected chi connectivity index (χ0v) is 15.6.